The second-order valence-electron chi connectivity index (χ2n) is 3.73. The van der Waals surface area contributed by atoms with Gasteiger partial charge < -0.3 is 19.5 Å². The van der Waals surface area contributed by atoms with E-state index in [9.17, 15) is 4.79 Å². The molecule has 1 rings (SSSR count). The van der Waals surface area contributed by atoms with Gasteiger partial charge in [0.2, 0.25) is 0 Å². The van der Waals surface area contributed by atoms with Gasteiger partial charge in [0.05, 0.1) is 25.7 Å². The molecule has 94 valence electrons. The molecule has 0 bridgehead atoms. The molecule has 5 nitrogen and oxygen atoms in total. The highest BCUT2D eigenvalue weighted by atomic mass is 16.6. The van der Waals surface area contributed by atoms with E-state index < -0.39 is 0 Å². The average Bonchev–Trinajstić information content (AvgIpc) is 2.30. The zero-order chi connectivity index (χ0) is 11.6. The lowest BCUT2D eigenvalue weighted by molar-refractivity contribution is -0.148. The van der Waals surface area contributed by atoms with Gasteiger partial charge in [-0.2, -0.15) is 0 Å². The number of rotatable bonds is 7. The molecule has 1 fully saturated rings. The van der Waals surface area contributed by atoms with Crippen molar-refractivity contribution in [1.29, 1.82) is 0 Å². The molecule has 0 spiro atoms. The number of hydrogen-bond acceptors (Lipinski definition) is 5. The lowest BCUT2D eigenvalue weighted by atomic mass is 10.2. The summed E-state index contributed by atoms with van der Waals surface area (Å²) in [6, 6.07) is 0. The van der Waals surface area contributed by atoms with Crippen molar-refractivity contribution in [3.63, 3.8) is 0 Å². The summed E-state index contributed by atoms with van der Waals surface area (Å²) in [6.07, 6.45) is 1.26. The van der Waals surface area contributed by atoms with E-state index in [1.54, 1.807) is 0 Å². The van der Waals surface area contributed by atoms with Crippen molar-refractivity contribution in [3.8, 4) is 0 Å². The maximum atomic E-state index is 11.4. The summed E-state index contributed by atoms with van der Waals surface area (Å²) in [5.74, 6) is -0.214. The number of nitrogens with one attached hydrogen (secondary N) is 1. The first kappa shape index (κ1) is 13.4. The van der Waals surface area contributed by atoms with Crippen molar-refractivity contribution in [2.24, 2.45) is 0 Å². The van der Waals surface area contributed by atoms with Crippen molar-refractivity contribution in [3.05, 3.63) is 0 Å². The van der Waals surface area contributed by atoms with E-state index in [1.807, 2.05) is 6.92 Å². The van der Waals surface area contributed by atoms with E-state index in [-0.39, 0.29) is 12.1 Å². The van der Waals surface area contributed by atoms with Crippen LogP contribution in [0.5, 0.6) is 0 Å². The van der Waals surface area contributed by atoms with Gasteiger partial charge in [0, 0.05) is 19.7 Å². The maximum Gasteiger partial charge on any atom is 0.308 e. The van der Waals surface area contributed by atoms with Crippen LogP contribution in [0.25, 0.3) is 0 Å². The van der Waals surface area contributed by atoms with Crippen LogP contribution < -0.4 is 5.32 Å². The molecule has 0 radical (unpaired) electrons. The van der Waals surface area contributed by atoms with Crippen LogP contribution in [0.15, 0.2) is 0 Å². The molecule has 0 aromatic rings. The number of esters is 1. The van der Waals surface area contributed by atoms with Crippen LogP contribution in [-0.4, -0.2) is 51.6 Å². The molecule has 1 aliphatic heterocycles. The van der Waals surface area contributed by atoms with E-state index in [1.165, 1.54) is 0 Å². The molecule has 1 aliphatic rings. The van der Waals surface area contributed by atoms with Gasteiger partial charge in [-0.15, -0.1) is 0 Å². The normalized spacial score (nSPS) is 20.7. The molecule has 1 heterocycles. The summed E-state index contributed by atoms with van der Waals surface area (Å²) in [5, 5.41) is 3.17. The topological polar surface area (TPSA) is 56.8 Å². The molecule has 1 N–H and O–H groups in total. The number of carbonyl (C=O) groups excluding carboxylic acids is 1. The van der Waals surface area contributed by atoms with Crippen molar-refractivity contribution in [1.82, 2.24) is 5.32 Å². The second-order valence-corrected chi connectivity index (χ2v) is 3.73. The molecule has 0 amide bonds. The van der Waals surface area contributed by atoms with Gasteiger partial charge in [-0.1, -0.05) is 6.92 Å². The molecular formula is C11H21NO4. The average molecular weight is 231 g/mol. The van der Waals surface area contributed by atoms with Crippen molar-refractivity contribution >= 4 is 5.97 Å². The Bertz CT molecular complexity index is 192. The van der Waals surface area contributed by atoms with Crippen LogP contribution >= 0.6 is 0 Å². The first-order valence-electron chi connectivity index (χ1n) is 5.88. The van der Waals surface area contributed by atoms with Crippen molar-refractivity contribution < 1.29 is 19.0 Å². The molecule has 0 saturated carbocycles. The molecule has 0 aliphatic carbocycles. The fourth-order valence-corrected chi connectivity index (χ4v) is 1.46. The molecule has 0 aromatic carbocycles. The zero-order valence-electron chi connectivity index (χ0n) is 9.87. The molecule has 1 atom stereocenters. The number of ether oxygens (including phenoxy) is 3. The largest absolute Gasteiger partial charge is 0.463 e. The number of carbonyl (C=O) groups is 1. The van der Waals surface area contributed by atoms with Gasteiger partial charge in [-0.3, -0.25) is 4.79 Å². The van der Waals surface area contributed by atoms with E-state index in [4.69, 9.17) is 14.2 Å². The lowest BCUT2D eigenvalue weighted by Crippen LogP contribution is -2.39. The maximum absolute atomic E-state index is 11.4. The molecule has 16 heavy (non-hydrogen) atoms. The van der Waals surface area contributed by atoms with Crippen molar-refractivity contribution in [2.45, 2.75) is 25.9 Å². The third-order valence-corrected chi connectivity index (χ3v) is 2.24. The summed E-state index contributed by atoms with van der Waals surface area (Å²) in [6.45, 7) is 5.81. The van der Waals surface area contributed by atoms with E-state index >= 15 is 0 Å². The Morgan fingerprint density at radius 1 is 1.44 bits per heavy atom. The van der Waals surface area contributed by atoms with Gasteiger partial charge in [0.1, 0.15) is 6.61 Å². The summed E-state index contributed by atoms with van der Waals surface area (Å²) >= 11 is 0. The Balaban J connectivity index is 1.97. The molecule has 0 aromatic heterocycles. The fourth-order valence-electron chi connectivity index (χ4n) is 1.46. The summed E-state index contributed by atoms with van der Waals surface area (Å²) in [5.41, 5.74) is 0. The summed E-state index contributed by atoms with van der Waals surface area (Å²) in [7, 11) is 0. The smallest absolute Gasteiger partial charge is 0.308 e. The van der Waals surface area contributed by atoms with Crippen molar-refractivity contribution in [2.75, 3.05) is 39.5 Å². The number of hydrogen-bond donors (Lipinski definition) is 1. The summed E-state index contributed by atoms with van der Waals surface area (Å²) < 4.78 is 15.6. The first-order valence-corrected chi connectivity index (χ1v) is 5.88. The first-order chi connectivity index (χ1) is 7.83. The van der Waals surface area contributed by atoms with Crippen LogP contribution in [-0.2, 0) is 19.0 Å². The SMILES string of the molecule is CCCOCCOC(=O)CC1CNCCO1. The van der Waals surface area contributed by atoms with E-state index in [0.717, 1.165) is 19.5 Å². The Morgan fingerprint density at radius 2 is 2.31 bits per heavy atom. The van der Waals surface area contributed by atoms with Gasteiger partial charge in [-0.25, -0.2) is 0 Å². The van der Waals surface area contributed by atoms with E-state index in [0.29, 0.717) is 32.8 Å². The molecule has 1 saturated heterocycles. The highest BCUT2D eigenvalue weighted by Crippen LogP contribution is 2.02. The predicted octanol–water partition coefficient (Wildman–Crippen LogP) is 0.335. The van der Waals surface area contributed by atoms with Gasteiger partial charge in [-0.05, 0) is 6.42 Å². The third-order valence-electron chi connectivity index (χ3n) is 2.24. The Labute approximate surface area is 96.4 Å². The predicted molar refractivity (Wildman–Crippen MR) is 59.3 cm³/mol. The molecule has 1 unspecified atom stereocenters. The minimum Gasteiger partial charge on any atom is -0.463 e. The van der Waals surface area contributed by atoms with Gasteiger partial charge in [0.15, 0.2) is 0 Å². The standard InChI is InChI=1S/C11H21NO4/c1-2-4-14-6-7-16-11(13)8-10-9-12-3-5-15-10/h10,12H,2-9H2,1H3. The number of morpholine rings is 1. The Kier molecular flexibility index (Phi) is 7.12. The second kappa shape index (κ2) is 8.50. The highest BCUT2D eigenvalue weighted by molar-refractivity contribution is 5.70. The lowest BCUT2D eigenvalue weighted by Gasteiger charge is -2.22. The third kappa shape index (κ3) is 6.05. The van der Waals surface area contributed by atoms with Crippen LogP contribution in [0.4, 0.5) is 0 Å². The summed E-state index contributed by atoms with van der Waals surface area (Å²) in [4.78, 5) is 11.4. The van der Waals surface area contributed by atoms with Crippen LogP contribution in [0.3, 0.4) is 0 Å². The van der Waals surface area contributed by atoms with Gasteiger partial charge in [0.25, 0.3) is 0 Å². The Hall–Kier alpha value is -0.650. The quantitative estimate of drug-likeness (QED) is 0.505. The highest BCUT2D eigenvalue weighted by Gasteiger charge is 2.17. The van der Waals surface area contributed by atoms with Crippen LogP contribution in [0.2, 0.25) is 0 Å². The van der Waals surface area contributed by atoms with E-state index in [2.05, 4.69) is 5.32 Å². The van der Waals surface area contributed by atoms with Crippen LogP contribution in [0, 0.1) is 0 Å². The molecule has 5 heteroatoms. The van der Waals surface area contributed by atoms with Crippen LogP contribution in [0.1, 0.15) is 19.8 Å². The Morgan fingerprint density at radius 3 is 3.00 bits per heavy atom. The minimum atomic E-state index is -0.214. The minimum absolute atomic E-state index is 0.0437. The van der Waals surface area contributed by atoms with Gasteiger partial charge >= 0.3 is 5.97 Å². The fraction of sp³-hybridized carbons (Fsp3) is 0.909. The molecular weight excluding hydrogens is 210 g/mol. The monoisotopic (exact) mass is 231 g/mol. The zero-order valence-corrected chi connectivity index (χ0v) is 9.87.